The normalized spacial score (nSPS) is 24.0. The van der Waals surface area contributed by atoms with Gasteiger partial charge in [-0.2, -0.15) is 0 Å². The molecule has 0 aromatic heterocycles. The van der Waals surface area contributed by atoms with Crippen molar-refractivity contribution in [1.82, 2.24) is 9.80 Å². The second-order valence-corrected chi connectivity index (χ2v) is 9.59. The Labute approximate surface area is 170 Å². The number of likely N-dealkylation sites (tertiary alicyclic amines) is 2. The summed E-state index contributed by atoms with van der Waals surface area (Å²) < 4.78 is 6.23. The Hall–Kier alpha value is -1.55. The summed E-state index contributed by atoms with van der Waals surface area (Å²) in [6, 6.07) is 8.49. The minimum Gasteiger partial charge on any atom is -0.490 e. The molecule has 3 fully saturated rings. The maximum Gasteiger partial charge on any atom is 0.253 e. The van der Waals surface area contributed by atoms with E-state index in [2.05, 4.69) is 18.7 Å². The van der Waals surface area contributed by atoms with Gasteiger partial charge in [-0.05, 0) is 88.0 Å². The van der Waals surface area contributed by atoms with Gasteiger partial charge in [0.25, 0.3) is 5.91 Å². The van der Waals surface area contributed by atoms with E-state index in [0.717, 1.165) is 63.2 Å². The Morgan fingerprint density at radius 1 is 1.07 bits per heavy atom. The number of benzene rings is 1. The van der Waals surface area contributed by atoms with Gasteiger partial charge in [-0.25, -0.2) is 0 Å². The largest absolute Gasteiger partial charge is 0.490 e. The maximum absolute atomic E-state index is 12.6. The van der Waals surface area contributed by atoms with Crippen LogP contribution in [0.1, 0.15) is 75.6 Å². The smallest absolute Gasteiger partial charge is 0.253 e. The molecule has 1 aromatic carbocycles. The van der Waals surface area contributed by atoms with Gasteiger partial charge in [-0.3, -0.25) is 4.79 Å². The molecule has 2 aliphatic heterocycles. The first-order valence-electron chi connectivity index (χ1n) is 11.3. The summed E-state index contributed by atoms with van der Waals surface area (Å²) in [4.78, 5) is 17.2. The standard InChI is InChI=1S/C24H36N2O2/c1-19(18-24(2)12-13-24)25-16-10-22(11-17-25)28-21-8-6-20(7-9-21)23(27)26-14-4-3-5-15-26/h6-9,19,22H,3-5,10-18H2,1-2H3/t19-/m1/s1. The van der Waals surface area contributed by atoms with Crippen molar-refractivity contribution in [1.29, 1.82) is 0 Å². The van der Waals surface area contributed by atoms with Crippen molar-refractivity contribution >= 4 is 5.91 Å². The summed E-state index contributed by atoms with van der Waals surface area (Å²) >= 11 is 0. The SMILES string of the molecule is C[C@H](CC1(C)CC1)N1CCC(Oc2ccc(C(=O)N3CCCCC3)cc2)CC1. The van der Waals surface area contributed by atoms with Crippen LogP contribution in [0.4, 0.5) is 0 Å². The molecular formula is C24H36N2O2. The van der Waals surface area contributed by atoms with Gasteiger partial charge in [0.15, 0.2) is 0 Å². The summed E-state index contributed by atoms with van der Waals surface area (Å²) in [7, 11) is 0. The number of carbonyl (C=O) groups is 1. The molecule has 2 saturated heterocycles. The Bertz CT molecular complexity index is 654. The second-order valence-electron chi connectivity index (χ2n) is 9.59. The summed E-state index contributed by atoms with van der Waals surface area (Å²) in [5.41, 5.74) is 1.41. The monoisotopic (exact) mass is 384 g/mol. The number of rotatable bonds is 6. The van der Waals surface area contributed by atoms with E-state index in [-0.39, 0.29) is 5.91 Å². The highest BCUT2D eigenvalue weighted by Gasteiger charge is 2.39. The van der Waals surface area contributed by atoms with Crippen molar-refractivity contribution in [2.24, 2.45) is 5.41 Å². The van der Waals surface area contributed by atoms with E-state index in [4.69, 9.17) is 4.74 Å². The zero-order valence-corrected chi connectivity index (χ0v) is 17.7. The molecule has 4 rings (SSSR count). The van der Waals surface area contributed by atoms with Crippen molar-refractivity contribution in [3.8, 4) is 5.75 Å². The molecule has 0 bridgehead atoms. The second kappa shape index (κ2) is 8.44. The predicted octanol–water partition coefficient (Wildman–Crippen LogP) is 4.73. The van der Waals surface area contributed by atoms with E-state index < -0.39 is 0 Å². The fourth-order valence-electron chi connectivity index (χ4n) is 4.84. The summed E-state index contributed by atoms with van der Waals surface area (Å²) in [5, 5.41) is 0. The molecule has 2 heterocycles. The van der Waals surface area contributed by atoms with E-state index in [0.29, 0.717) is 17.6 Å². The van der Waals surface area contributed by atoms with E-state index in [1.807, 2.05) is 29.2 Å². The minimum atomic E-state index is 0.165. The van der Waals surface area contributed by atoms with Gasteiger partial charge < -0.3 is 14.5 Å². The number of hydrogen-bond donors (Lipinski definition) is 0. The third-order valence-electron chi connectivity index (χ3n) is 7.04. The highest BCUT2D eigenvalue weighted by molar-refractivity contribution is 5.94. The molecule has 1 aliphatic carbocycles. The lowest BCUT2D eigenvalue weighted by Crippen LogP contribution is -2.43. The first-order valence-corrected chi connectivity index (χ1v) is 11.3. The topological polar surface area (TPSA) is 32.8 Å². The van der Waals surface area contributed by atoms with Crippen LogP contribution in [0.5, 0.6) is 5.75 Å². The van der Waals surface area contributed by atoms with Crippen LogP contribution in [0.15, 0.2) is 24.3 Å². The van der Waals surface area contributed by atoms with Crippen LogP contribution in [-0.2, 0) is 0 Å². The van der Waals surface area contributed by atoms with Gasteiger partial charge in [-0.15, -0.1) is 0 Å². The van der Waals surface area contributed by atoms with Crippen LogP contribution in [0.2, 0.25) is 0 Å². The Morgan fingerprint density at radius 3 is 2.32 bits per heavy atom. The molecule has 154 valence electrons. The molecule has 1 aromatic rings. The van der Waals surface area contributed by atoms with Crippen LogP contribution in [0.3, 0.4) is 0 Å². The van der Waals surface area contributed by atoms with E-state index >= 15 is 0 Å². The third-order valence-corrected chi connectivity index (χ3v) is 7.04. The van der Waals surface area contributed by atoms with Crippen LogP contribution in [0.25, 0.3) is 0 Å². The zero-order valence-electron chi connectivity index (χ0n) is 17.7. The number of hydrogen-bond acceptors (Lipinski definition) is 3. The highest BCUT2D eigenvalue weighted by atomic mass is 16.5. The Morgan fingerprint density at radius 2 is 1.71 bits per heavy atom. The number of ether oxygens (including phenoxy) is 1. The van der Waals surface area contributed by atoms with Gasteiger partial charge in [0.2, 0.25) is 0 Å². The first kappa shape index (κ1) is 19.8. The Balaban J connectivity index is 1.24. The molecule has 0 N–H and O–H groups in total. The van der Waals surface area contributed by atoms with Crippen molar-refractivity contribution in [2.75, 3.05) is 26.2 Å². The molecule has 1 amide bonds. The van der Waals surface area contributed by atoms with E-state index in [1.165, 1.54) is 25.7 Å². The fraction of sp³-hybridized carbons (Fsp3) is 0.708. The predicted molar refractivity (Wildman–Crippen MR) is 113 cm³/mol. The fourth-order valence-corrected chi connectivity index (χ4v) is 4.84. The lowest BCUT2D eigenvalue weighted by atomic mass is 9.97. The van der Waals surface area contributed by atoms with Crippen LogP contribution >= 0.6 is 0 Å². The van der Waals surface area contributed by atoms with Gasteiger partial charge in [0.1, 0.15) is 11.9 Å². The van der Waals surface area contributed by atoms with E-state index in [1.54, 1.807) is 0 Å². The van der Waals surface area contributed by atoms with Crippen LogP contribution < -0.4 is 4.74 Å². The zero-order chi connectivity index (χ0) is 19.6. The average Bonchev–Trinajstić information content (AvgIpc) is 3.45. The molecule has 3 aliphatic rings. The molecule has 0 spiro atoms. The van der Waals surface area contributed by atoms with Gasteiger partial charge >= 0.3 is 0 Å². The molecule has 4 heteroatoms. The summed E-state index contributed by atoms with van der Waals surface area (Å²) in [6.45, 7) is 8.88. The van der Waals surface area contributed by atoms with Crippen molar-refractivity contribution in [3.63, 3.8) is 0 Å². The third kappa shape index (κ3) is 4.89. The lowest BCUT2D eigenvalue weighted by Gasteiger charge is -2.37. The molecule has 4 nitrogen and oxygen atoms in total. The van der Waals surface area contributed by atoms with Crippen molar-refractivity contribution < 1.29 is 9.53 Å². The van der Waals surface area contributed by atoms with Crippen LogP contribution in [0, 0.1) is 5.41 Å². The molecule has 1 atom stereocenters. The van der Waals surface area contributed by atoms with Crippen molar-refractivity contribution in [3.05, 3.63) is 29.8 Å². The van der Waals surface area contributed by atoms with Crippen molar-refractivity contribution in [2.45, 2.75) is 77.4 Å². The maximum atomic E-state index is 12.6. The van der Waals surface area contributed by atoms with E-state index in [9.17, 15) is 4.79 Å². The van der Waals surface area contributed by atoms with Gasteiger partial charge in [0.05, 0.1) is 0 Å². The first-order chi connectivity index (χ1) is 13.5. The average molecular weight is 385 g/mol. The Kier molecular flexibility index (Phi) is 5.96. The minimum absolute atomic E-state index is 0.165. The molecule has 0 unspecified atom stereocenters. The molecule has 0 radical (unpaired) electrons. The van der Waals surface area contributed by atoms with Gasteiger partial charge in [-0.1, -0.05) is 6.92 Å². The van der Waals surface area contributed by atoms with Gasteiger partial charge in [0, 0.05) is 37.8 Å². The number of nitrogens with zero attached hydrogens (tertiary/aromatic N) is 2. The number of amides is 1. The molecular weight excluding hydrogens is 348 g/mol. The number of carbonyl (C=O) groups excluding carboxylic acids is 1. The number of piperidine rings is 2. The molecule has 28 heavy (non-hydrogen) atoms. The summed E-state index contributed by atoms with van der Waals surface area (Å²) in [6.07, 6.45) is 10.1. The van der Waals surface area contributed by atoms with Crippen LogP contribution in [-0.4, -0.2) is 54.0 Å². The quantitative estimate of drug-likeness (QED) is 0.710. The summed E-state index contributed by atoms with van der Waals surface area (Å²) in [5.74, 6) is 1.06. The lowest BCUT2D eigenvalue weighted by molar-refractivity contribution is 0.0716. The molecule has 1 saturated carbocycles. The highest BCUT2D eigenvalue weighted by Crippen LogP contribution is 2.49.